The molecule has 2 N–H and O–H groups in total. The fraction of sp³-hybridized carbons (Fsp3) is 0.273. The van der Waals surface area contributed by atoms with Crippen molar-refractivity contribution >= 4 is 40.8 Å². The van der Waals surface area contributed by atoms with E-state index in [2.05, 4.69) is 26.7 Å². The number of pyridine rings is 1. The highest BCUT2D eigenvalue weighted by atomic mass is 127. The second-order valence-corrected chi connectivity index (χ2v) is 7.06. The van der Waals surface area contributed by atoms with Crippen LogP contribution in [-0.2, 0) is 12.0 Å². The highest BCUT2D eigenvalue weighted by Crippen LogP contribution is 2.47. The number of hydrogen-bond donors (Lipinski definition) is 2. The number of benzene rings is 2. The molecule has 0 spiro atoms. The number of fused-ring (bicyclic) bond motifs is 1. The van der Waals surface area contributed by atoms with E-state index in [0.29, 0.717) is 6.54 Å². The zero-order valence-corrected chi connectivity index (χ0v) is 18.1. The minimum Gasteiger partial charge on any atom is -0.356 e. The average molecular weight is 490 g/mol. The quantitative estimate of drug-likeness (QED) is 0.317. The molecule has 6 heteroatoms. The summed E-state index contributed by atoms with van der Waals surface area (Å²) in [6, 6.07) is 17.1. The molecule has 146 valence electrons. The Morgan fingerprint density at radius 3 is 2.68 bits per heavy atom. The van der Waals surface area contributed by atoms with Crippen LogP contribution in [-0.4, -0.2) is 24.5 Å². The van der Waals surface area contributed by atoms with Crippen LogP contribution in [0.15, 0.2) is 65.8 Å². The van der Waals surface area contributed by atoms with Crippen LogP contribution in [0.25, 0.3) is 10.9 Å². The van der Waals surface area contributed by atoms with Crippen molar-refractivity contribution in [3.63, 3.8) is 0 Å². The Morgan fingerprint density at radius 2 is 1.93 bits per heavy atom. The molecule has 1 aliphatic carbocycles. The van der Waals surface area contributed by atoms with Crippen LogP contribution in [0, 0.1) is 5.82 Å². The molecule has 2 aromatic carbocycles. The van der Waals surface area contributed by atoms with Crippen LogP contribution in [0.3, 0.4) is 0 Å². The summed E-state index contributed by atoms with van der Waals surface area (Å²) in [5, 5.41) is 7.93. The van der Waals surface area contributed by atoms with Crippen LogP contribution >= 0.6 is 24.0 Å². The van der Waals surface area contributed by atoms with E-state index in [0.717, 1.165) is 41.8 Å². The molecule has 28 heavy (non-hydrogen) atoms. The largest absolute Gasteiger partial charge is 0.356 e. The summed E-state index contributed by atoms with van der Waals surface area (Å²) >= 11 is 0. The topological polar surface area (TPSA) is 49.3 Å². The number of guanidine groups is 1. The van der Waals surface area contributed by atoms with E-state index in [1.807, 2.05) is 36.5 Å². The van der Waals surface area contributed by atoms with Gasteiger partial charge in [-0.05, 0) is 48.2 Å². The number of nitrogens with one attached hydrogen (secondary N) is 2. The minimum atomic E-state index is -0.175. The second-order valence-electron chi connectivity index (χ2n) is 7.06. The Hall–Kier alpha value is -2.22. The lowest BCUT2D eigenvalue weighted by Gasteiger charge is -2.19. The van der Waals surface area contributed by atoms with Crippen molar-refractivity contribution in [1.29, 1.82) is 0 Å². The molecule has 1 aromatic heterocycles. The molecule has 4 nitrogen and oxygen atoms in total. The van der Waals surface area contributed by atoms with Crippen LogP contribution in [0.2, 0.25) is 0 Å². The van der Waals surface area contributed by atoms with Gasteiger partial charge in [-0.25, -0.2) is 4.39 Å². The highest BCUT2D eigenvalue weighted by molar-refractivity contribution is 14.0. The third kappa shape index (κ3) is 4.43. The number of halogens is 2. The molecular weight excluding hydrogens is 466 g/mol. The molecule has 0 amide bonds. The molecule has 1 fully saturated rings. The van der Waals surface area contributed by atoms with Gasteiger partial charge in [-0.1, -0.05) is 30.3 Å². The first-order chi connectivity index (χ1) is 13.2. The molecule has 0 atom stereocenters. The Bertz CT molecular complexity index is 980. The number of aliphatic imine (C=N–C) groups is 1. The highest BCUT2D eigenvalue weighted by Gasteiger charge is 2.44. The first-order valence-corrected chi connectivity index (χ1v) is 9.23. The summed E-state index contributed by atoms with van der Waals surface area (Å²) < 4.78 is 13.6. The molecule has 1 saturated carbocycles. The summed E-state index contributed by atoms with van der Waals surface area (Å²) in [7, 11) is 1.77. The van der Waals surface area contributed by atoms with E-state index < -0.39 is 0 Å². The van der Waals surface area contributed by atoms with E-state index in [9.17, 15) is 4.39 Å². The van der Waals surface area contributed by atoms with Crippen molar-refractivity contribution < 1.29 is 4.39 Å². The molecule has 0 unspecified atom stereocenters. The van der Waals surface area contributed by atoms with Crippen molar-refractivity contribution in [3.05, 3.63) is 77.7 Å². The maximum Gasteiger partial charge on any atom is 0.191 e. The van der Waals surface area contributed by atoms with E-state index in [1.165, 1.54) is 11.6 Å². The summed E-state index contributed by atoms with van der Waals surface area (Å²) in [5.41, 5.74) is 3.24. The Labute approximate surface area is 181 Å². The van der Waals surface area contributed by atoms with Gasteiger partial charge in [0.1, 0.15) is 5.82 Å². The van der Waals surface area contributed by atoms with Gasteiger partial charge in [-0.15, -0.1) is 24.0 Å². The normalized spacial score (nSPS) is 15.0. The molecule has 1 heterocycles. The van der Waals surface area contributed by atoms with Crippen molar-refractivity contribution in [3.8, 4) is 0 Å². The van der Waals surface area contributed by atoms with Gasteiger partial charge in [0.25, 0.3) is 0 Å². The number of rotatable bonds is 5. The Balaban J connectivity index is 0.00000225. The molecule has 4 rings (SSSR count). The molecule has 1 aliphatic rings. The first kappa shape index (κ1) is 20.5. The predicted octanol–water partition coefficient (Wildman–Crippen LogP) is 4.39. The summed E-state index contributed by atoms with van der Waals surface area (Å²) in [6.45, 7) is 1.41. The monoisotopic (exact) mass is 490 g/mol. The average Bonchev–Trinajstić information content (AvgIpc) is 3.49. The van der Waals surface area contributed by atoms with Gasteiger partial charge in [-0.2, -0.15) is 0 Å². The van der Waals surface area contributed by atoms with Crippen LogP contribution in [0.4, 0.5) is 4.39 Å². The predicted molar refractivity (Wildman–Crippen MR) is 123 cm³/mol. The first-order valence-electron chi connectivity index (χ1n) is 9.23. The van der Waals surface area contributed by atoms with Gasteiger partial charge in [0.15, 0.2) is 5.96 Å². The maximum atomic E-state index is 13.6. The Morgan fingerprint density at radius 1 is 1.11 bits per heavy atom. The van der Waals surface area contributed by atoms with Gasteiger partial charge in [0.05, 0.1) is 5.52 Å². The van der Waals surface area contributed by atoms with Crippen molar-refractivity contribution in [1.82, 2.24) is 15.6 Å². The zero-order valence-electron chi connectivity index (χ0n) is 15.8. The fourth-order valence-electron chi connectivity index (χ4n) is 3.50. The smallest absolute Gasteiger partial charge is 0.191 e. The Kier molecular flexibility index (Phi) is 6.49. The minimum absolute atomic E-state index is 0. The van der Waals surface area contributed by atoms with Crippen LogP contribution in [0.5, 0.6) is 0 Å². The summed E-state index contributed by atoms with van der Waals surface area (Å²) in [5.74, 6) is 0.574. The van der Waals surface area contributed by atoms with E-state index in [4.69, 9.17) is 0 Å². The molecular formula is C22H24FIN4. The van der Waals surface area contributed by atoms with Crippen LogP contribution < -0.4 is 10.6 Å². The summed E-state index contributed by atoms with van der Waals surface area (Å²) in [4.78, 5) is 8.73. The molecule has 0 bridgehead atoms. The number of hydrogen-bond acceptors (Lipinski definition) is 2. The molecule has 0 saturated heterocycles. The maximum absolute atomic E-state index is 13.6. The van der Waals surface area contributed by atoms with E-state index in [1.54, 1.807) is 19.2 Å². The standard InChI is InChI=1S/C22H23FN4.HI/c1-24-21(26-14-16-9-12-25-20-8-3-2-7-19(16)20)27-15-22(10-11-22)17-5-4-6-18(23)13-17;/h2-9,12-13H,10-11,14-15H2,1H3,(H2,24,26,27);1H. The van der Waals surface area contributed by atoms with Gasteiger partial charge in [-0.3, -0.25) is 9.98 Å². The summed E-state index contributed by atoms with van der Waals surface area (Å²) in [6.07, 6.45) is 3.96. The lowest BCUT2D eigenvalue weighted by atomic mass is 9.96. The van der Waals surface area contributed by atoms with Crippen molar-refractivity contribution in [2.45, 2.75) is 24.8 Å². The van der Waals surface area contributed by atoms with E-state index in [-0.39, 0.29) is 35.2 Å². The number of nitrogens with zero attached hydrogens (tertiary/aromatic N) is 2. The lowest BCUT2D eigenvalue weighted by molar-refractivity contribution is 0.607. The van der Waals surface area contributed by atoms with E-state index >= 15 is 0 Å². The van der Waals surface area contributed by atoms with Gasteiger partial charge >= 0.3 is 0 Å². The number of aromatic nitrogens is 1. The fourth-order valence-corrected chi connectivity index (χ4v) is 3.50. The molecule has 0 radical (unpaired) electrons. The third-order valence-electron chi connectivity index (χ3n) is 5.29. The van der Waals surface area contributed by atoms with Gasteiger partial charge in [0, 0.05) is 37.1 Å². The van der Waals surface area contributed by atoms with Crippen LogP contribution in [0.1, 0.15) is 24.0 Å². The van der Waals surface area contributed by atoms with Crippen molar-refractivity contribution in [2.24, 2.45) is 4.99 Å². The van der Waals surface area contributed by atoms with Crippen molar-refractivity contribution in [2.75, 3.05) is 13.6 Å². The number of para-hydroxylation sites is 1. The molecule has 3 aromatic rings. The van der Waals surface area contributed by atoms with Gasteiger partial charge in [0.2, 0.25) is 0 Å². The zero-order chi connectivity index (χ0) is 18.7. The molecule has 0 aliphatic heterocycles. The lowest BCUT2D eigenvalue weighted by Crippen LogP contribution is -2.40. The SMILES string of the molecule is CN=C(NCc1ccnc2ccccc12)NCC1(c2cccc(F)c2)CC1.I. The third-order valence-corrected chi connectivity index (χ3v) is 5.29. The second kappa shape index (κ2) is 8.86. The van der Waals surface area contributed by atoms with Gasteiger partial charge < -0.3 is 10.6 Å².